The molecule has 1 heterocycles. The van der Waals surface area contributed by atoms with Gasteiger partial charge in [-0.1, -0.05) is 26.0 Å². The van der Waals surface area contributed by atoms with Gasteiger partial charge in [-0.2, -0.15) is 0 Å². The first-order chi connectivity index (χ1) is 8.13. The third kappa shape index (κ3) is 1.75. The molecule has 3 rings (SSSR count). The lowest BCUT2D eigenvalue weighted by Gasteiger charge is -2.05. The van der Waals surface area contributed by atoms with Crippen LogP contribution in [0.15, 0.2) is 18.2 Å². The van der Waals surface area contributed by atoms with Crippen LogP contribution < -0.4 is 10.5 Å². The number of hydrogen-bond acceptors (Lipinski definition) is 2. The van der Waals surface area contributed by atoms with Gasteiger partial charge in [0.1, 0.15) is 5.75 Å². The van der Waals surface area contributed by atoms with Gasteiger partial charge in [-0.15, -0.1) is 0 Å². The maximum absolute atomic E-state index is 5.82. The van der Waals surface area contributed by atoms with Crippen LogP contribution in [0, 0.1) is 17.3 Å². The van der Waals surface area contributed by atoms with E-state index in [4.69, 9.17) is 10.5 Å². The highest BCUT2D eigenvalue weighted by Crippen LogP contribution is 2.58. The van der Waals surface area contributed by atoms with Crippen LogP contribution in [0.1, 0.15) is 25.0 Å². The van der Waals surface area contributed by atoms with Gasteiger partial charge < -0.3 is 10.5 Å². The Balaban J connectivity index is 1.74. The van der Waals surface area contributed by atoms with Crippen molar-refractivity contribution >= 4 is 0 Å². The molecule has 0 spiro atoms. The van der Waals surface area contributed by atoms with Crippen molar-refractivity contribution in [2.45, 2.75) is 26.7 Å². The minimum absolute atomic E-state index is 0.435. The number of benzene rings is 1. The van der Waals surface area contributed by atoms with Crippen molar-refractivity contribution in [2.75, 3.05) is 13.2 Å². The molecule has 0 unspecified atom stereocenters. The molecule has 0 bridgehead atoms. The summed E-state index contributed by atoms with van der Waals surface area (Å²) in [6.45, 7) is 6.35. The van der Waals surface area contributed by atoms with Crippen LogP contribution in [0.5, 0.6) is 5.75 Å². The van der Waals surface area contributed by atoms with E-state index in [9.17, 15) is 0 Å². The zero-order valence-electron chi connectivity index (χ0n) is 10.7. The topological polar surface area (TPSA) is 35.2 Å². The van der Waals surface area contributed by atoms with E-state index < -0.39 is 0 Å². The number of nitrogens with two attached hydrogens (primary N) is 1. The molecule has 2 aliphatic rings. The Morgan fingerprint density at radius 1 is 1.35 bits per heavy atom. The van der Waals surface area contributed by atoms with Crippen LogP contribution in [-0.4, -0.2) is 13.2 Å². The molecule has 1 aliphatic heterocycles. The highest BCUT2D eigenvalue weighted by Gasteiger charge is 2.55. The summed E-state index contributed by atoms with van der Waals surface area (Å²) in [6.07, 6.45) is 2.24. The molecule has 17 heavy (non-hydrogen) atoms. The molecular weight excluding hydrogens is 210 g/mol. The molecule has 92 valence electrons. The molecule has 2 nitrogen and oxygen atoms in total. The number of ether oxygens (including phenoxy) is 1. The van der Waals surface area contributed by atoms with Gasteiger partial charge in [0.15, 0.2) is 0 Å². The fourth-order valence-corrected chi connectivity index (χ4v) is 3.35. The quantitative estimate of drug-likeness (QED) is 0.867. The fraction of sp³-hybridized carbons (Fsp3) is 0.600. The second-order valence-corrected chi connectivity index (χ2v) is 6.01. The van der Waals surface area contributed by atoms with Gasteiger partial charge in [-0.05, 0) is 47.4 Å². The molecule has 0 radical (unpaired) electrons. The Hall–Kier alpha value is -1.02. The fourth-order valence-electron chi connectivity index (χ4n) is 3.35. The lowest BCUT2D eigenvalue weighted by molar-refractivity contribution is 0.357. The van der Waals surface area contributed by atoms with E-state index in [1.807, 2.05) is 0 Å². The third-order valence-electron chi connectivity index (χ3n) is 4.75. The molecule has 0 saturated heterocycles. The third-order valence-corrected chi connectivity index (χ3v) is 4.75. The SMILES string of the molecule is CC1(C)[C@@H](CN)[C@@H]1Cc1ccc2c(c1)CCO2. The minimum atomic E-state index is 0.435. The predicted molar refractivity (Wildman–Crippen MR) is 69.2 cm³/mol. The van der Waals surface area contributed by atoms with Crippen LogP contribution in [0.4, 0.5) is 0 Å². The lowest BCUT2D eigenvalue weighted by Crippen LogP contribution is -2.05. The molecule has 2 heteroatoms. The Bertz CT molecular complexity index is 439. The Kier molecular flexibility index (Phi) is 2.44. The largest absolute Gasteiger partial charge is 0.493 e. The maximum atomic E-state index is 5.82. The molecule has 1 saturated carbocycles. The Labute approximate surface area is 103 Å². The first-order valence-electron chi connectivity index (χ1n) is 6.57. The van der Waals surface area contributed by atoms with E-state index in [-0.39, 0.29) is 0 Å². The smallest absolute Gasteiger partial charge is 0.122 e. The zero-order valence-corrected chi connectivity index (χ0v) is 10.7. The summed E-state index contributed by atoms with van der Waals surface area (Å²) in [4.78, 5) is 0. The van der Waals surface area contributed by atoms with E-state index in [2.05, 4.69) is 32.0 Å². The summed E-state index contributed by atoms with van der Waals surface area (Å²) in [5, 5.41) is 0. The van der Waals surface area contributed by atoms with Crippen molar-refractivity contribution < 1.29 is 4.74 Å². The van der Waals surface area contributed by atoms with Crippen molar-refractivity contribution in [1.29, 1.82) is 0 Å². The summed E-state index contributed by atoms with van der Waals surface area (Å²) in [5.74, 6) is 2.54. The molecule has 2 atom stereocenters. The summed E-state index contributed by atoms with van der Waals surface area (Å²) >= 11 is 0. The molecule has 1 aromatic carbocycles. The monoisotopic (exact) mass is 231 g/mol. The van der Waals surface area contributed by atoms with Crippen LogP contribution in [0.25, 0.3) is 0 Å². The highest BCUT2D eigenvalue weighted by molar-refractivity contribution is 5.40. The lowest BCUT2D eigenvalue weighted by atomic mass is 10.0. The normalized spacial score (nSPS) is 28.6. The van der Waals surface area contributed by atoms with Crippen molar-refractivity contribution in [3.8, 4) is 5.75 Å². The first kappa shape index (κ1) is 11.1. The van der Waals surface area contributed by atoms with Gasteiger partial charge in [-0.25, -0.2) is 0 Å². The Morgan fingerprint density at radius 2 is 2.18 bits per heavy atom. The summed E-state index contributed by atoms with van der Waals surface area (Å²) < 4.78 is 5.54. The maximum Gasteiger partial charge on any atom is 0.122 e. The van der Waals surface area contributed by atoms with E-state index in [0.29, 0.717) is 11.3 Å². The number of fused-ring (bicyclic) bond motifs is 1. The van der Waals surface area contributed by atoms with Crippen molar-refractivity contribution in [3.05, 3.63) is 29.3 Å². The van der Waals surface area contributed by atoms with Gasteiger partial charge in [-0.3, -0.25) is 0 Å². The first-order valence-corrected chi connectivity index (χ1v) is 6.57. The van der Waals surface area contributed by atoms with Crippen molar-refractivity contribution in [2.24, 2.45) is 23.0 Å². The highest BCUT2D eigenvalue weighted by atomic mass is 16.5. The minimum Gasteiger partial charge on any atom is -0.493 e. The Morgan fingerprint density at radius 3 is 2.88 bits per heavy atom. The summed E-state index contributed by atoms with van der Waals surface area (Å²) in [7, 11) is 0. The number of rotatable bonds is 3. The zero-order chi connectivity index (χ0) is 12.0. The summed E-state index contributed by atoms with van der Waals surface area (Å²) in [6, 6.07) is 6.67. The number of hydrogen-bond donors (Lipinski definition) is 1. The van der Waals surface area contributed by atoms with E-state index in [1.54, 1.807) is 0 Å². The molecule has 0 aromatic heterocycles. The van der Waals surface area contributed by atoms with Gasteiger partial charge in [0.2, 0.25) is 0 Å². The van der Waals surface area contributed by atoms with Gasteiger partial charge in [0.25, 0.3) is 0 Å². The van der Waals surface area contributed by atoms with Crippen LogP contribution in [-0.2, 0) is 12.8 Å². The molecule has 2 N–H and O–H groups in total. The van der Waals surface area contributed by atoms with Crippen LogP contribution in [0.2, 0.25) is 0 Å². The van der Waals surface area contributed by atoms with Gasteiger partial charge >= 0.3 is 0 Å². The molecule has 0 amide bonds. The van der Waals surface area contributed by atoms with Crippen LogP contribution in [0.3, 0.4) is 0 Å². The average molecular weight is 231 g/mol. The standard InChI is InChI=1S/C15H21NO/c1-15(2)12(13(15)9-16)8-10-3-4-14-11(7-10)5-6-17-14/h3-4,7,12-13H,5-6,8-9,16H2,1-2H3/t12-,13-/m0/s1. The molecule has 1 fully saturated rings. The van der Waals surface area contributed by atoms with Crippen LogP contribution >= 0.6 is 0 Å². The second kappa shape index (κ2) is 3.74. The molecular formula is C15H21NO. The average Bonchev–Trinajstić information content (AvgIpc) is 2.65. The predicted octanol–water partition coefficient (Wildman–Crippen LogP) is 2.39. The molecule has 1 aliphatic carbocycles. The van der Waals surface area contributed by atoms with E-state index in [0.717, 1.165) is 31.2 Å². The van der Waals surface area contributed by atoms with Crippen molar-refractivity contribution in [1.82, 2.24) is 0 Å². The van der Waals surface area contributed by atoms with E-state index >= 15 is 0 Å². The van der Waals surface area contributed by atoms with E-state index in [1.165, 1.54) is 17.5 Å². The second-order valence-electron chi connectivity index (χ2n) is 6.01. The summed E-state index contributed by atoms with van der Waals surface area (Å²) in [5.41, 5.74) is 9.09. The van der Waals surface area contributed by atoms with Gasteiger partial charge in [0, 0.05) is 6.42 Å². The molecule has 1 aromatic rings. The van der Waals surface area contributed by atoms with Gasteiger partial charge in [0.05, 0.1) is 6.61 Å². The van der Waals surface area contributed by atoms with Crippen molar-refractivity contribution in [3.63, 3.8) is 0 Å².